The van der Waals surface area contributed by atoms with Crippen molar-refractivity contribution in [2.45, 2.75) is 26.3 Å². The van der Waals surface area contributed by atoms with Gasteiger partial charge in [-0.1, -0.05) is 32.4 Å². The van der Waals surface area contributed by atoms with Crippen molar-refractivity contribution < 1.29 is 0 Å². The van der Waals surface area contributed by atoms with Gasteiger partial charge < -0.3 is 10.7 Å². The van der Waals surface area contributed by atoms with Crippen molar-refractivity contribution >= 4 is 23.4 Å². The highest BCUT2D eigenvalue weighted by atomic mass is 35.5. The Morgan fingerprint density at radius 2 is 2.06 bits per heavy atom. The van der Waals surface area contributed by atoms with Crippen LogP contribution in [0.2, 0.25) is 0 Å². The number of hydrogen-bond donors (Lipinski definition) is 2. The van der Waals surface area contributed by atoms with Crippen molar-refractivity contribution in [3.05, 3.63) is 30.1 Å². The van der Waals surface area contributed by atoms with Crippen LogP contribution in [0.4, 0.5) is 0 Å². The number of fused-ring (bicyclic) bond motifs is 1. The summed E-state index contributed by atoms with van der Waals surface area (Å²) in [6.45, 7) is 4.30. The number of hydrogen-bond acceptors (Lipinski definition) is 2. The minimum absolute atomic E-state index is 0. The molecule has 0 bridgehead atoms. The summed E-state index contributed by atoms with van der Waals surface area (Å²) in [4.78, 5) is 7.78. The lowest BCUT2D eigenvalue weighted by Crippen LogP contribution is -2.19. The minimum atomic E-state index is 0. The number of rotatable bonds is 3. The van der Waals surface area contributed by atoms with Crippen molar-refractivity contribution in [1.29, 1.82) is 0 Å². The molecule has 4 heteroatoms. The first-order valence-electron chi connectivity index (χ1n) is 5.42. The molecule has 1 aromatic carbocycles. The van der Waals surface area contributed by atoms with E-state index in [1.165, 1.54) is 0 Å². The van der Waals surface area contributed by atoms with E-state index in [1.807, 2.05) is 24.3 Å². The molecule has 0 spiro atoms. The van der Waals surface area contributed by atoms with Crippen molar-refractivity contribution in [2.24, 2.45) is 11.7 Å². The zero-order valence-electron chi connectivity index (χ0n) is 9.60. The van der Waals surface area contributed by atoms with E-state index in [9.17, 15) is 0 Å². The Bertz CT molecular complexity index is 419. The highest BCUT2D eigenvalue weighted by Gasteiger charge is 2.16. The van der Waals surface area contributed by atoms with E-state index in [2.05, 4.69) is 23.8 Å². The maximum absolute atomic E-state index is 6.12. The Morgan fingerprint density at radius 1 is 1.38 bits per heavy atom. The normalized spacial score (nSPS) is 14.4. The van der Waals surface area contributed by atoms with Gasteiger partial charge in [0.1, 0.15) is 5.82 Å². The monoisotopic (exact) mass is 239 g/mol. The predicted molar refractivity (Wildman–Crippen MR) is 69.7 cm³/mol. The van der Waals surface area contributed by atoms with E-state index in [-0.39, 0.29) is 18.4 Å². The molecule has 0 unspecified atom stereocenters. The summed E-state index contributed by atoms with van der Waals surface area (Å²) in [5.74, 6) is 1.34. The minimum Gasteiger partial charge on any atom is -0.341 e. The summed E-state index contributed by atoms with van der Waals surface area (Å²) < 4.78 is 0. The standard InChI is InChI=1S/C12H17N3.ClH/c1-3-8(2)11(13)12-14-9-6-4-5-7-10(9)15-12;/h4-8,11H,3,13H2,1-2H3,(H,14,15);1H/t8-,11-;/m0./s1. The number of H-pyrrole nitrogens is 1. The molecule has 0 aliphatic carbocycles. The summed E-state index contributed by atoms with van der Waals surface area (Å²) in [6, 6.07) is 8.01. The summed E-state index contributed by atoms with van der Waals surface area (Å²) in [7, 11) is 0. The van der Waals surface area contributed by atoms with Crippen LogP contribution >= 0.6 is 12.4 Å². The number of aromatic nitrogens is 2. The third-order valence-electron chi connectivity index (χ3n) is 2.98. The molecular weight excluding hydrogens is 222 g/mol. The van der Waals surface area contributed by atoms with E-state index in [1.54, 1.807) is 0 Å². The molecule has 0 fully saturated rings. The highest BCUT2D eigenvalue weighted by molar-refractivity contribution is 5.85. The second-order valence-electron chi connectivity index (χ2n) is 4.05. The van der Waals surface area contributed by atoms with Gasteiger partial charge in [0.25, 0.3) is 0 Å². The van der Waals surface area contributed by atoms with Crippen LogP contribution in [-0.4, -0.2) is 9.97 Å². The molecule has 1 aromatic heterocycles. The van der Waals surface area contributed by atoms with Gasteiger partial charge in [-0.2, -0.15) is 0 Å². The van der Waals surface area contributed by atoms with Gasteiger partial charge in [-0.25, -0.2) is 4.98 Å². The van der Waals surface area contributed by atoms with Gasteiger partial charge in [0, 0.05) is 0 Å². The van der Waals surface area contributed by atoms with Gasteiger partial charge in [0.2, 0.25) is 0 Å². The summed E-state index contributed by atoms with van der Waals surface area (Å²) in [5, 5.41) is 0. The average Bonchev–Trinajstić information content (AvgIpc) is 2.70. The van der Waals surface area contributed by atoms with Gasteiger partial charge in [-0.05, 0) is 18.1 Å². The Morgan fingerprint density at radius 3 is 2.69 bits per heavy atom. The van der Waals surface area contributed by atoms with Crippen molar-refractivity contribution in [3.63, 3.8) is 0 Å². The fourth-order valence-electron chi connectivity index (χ4n) is 1.65. The molecule has 1 heterocycles. The van der Waals surface area contributed by atoms with Crippen LogP contribution in [0.5, 0.6) is 0 Å². The van der Waals surface area contributed by atoms with E-state index in [0.29, 0.717) is 5.92 Å². The molecule has 0 aliphatic rings. The molecule has 3 nitrogen and oxygen atoms in total. The molecule has 88 valence electrons. The number of imidazole rings is 1. The van der Waals surface area contributed by atoms with Gasteiger partial charge in [-0.15, -0.1) is 12.4 Å². The predicted octanol–water partition coefficient (Wildman–Crippen LogP) is 3.03. The number of nitrogens with two attached hydrogens (primary N) is 1. The zero-order chi connectivity index (χ0) is 10.8. The third kappa shape index (κ3) is 2.36. The fraction of sp³-hybridized carbons (Fsp3) is 0.417. The lowest BCUT2D eigenvalue weighted by Gasteiger charge is -2.15. The van der Waals surface area contributed by atoms with Crippen molar-refractivity contribution in [3.8, 4) is 0 Å². The van der Waals surface area contributed by atoms with Crippen LogP contribution in [0.15, 0.2) is 24.3 Å². The van der Waals surface area contributed by atoms with E-state index >= 15 is 0 Å². The van der Waals surface area contributed by atoms with Crippen LogP contribution < -0.4 is 5.73 Å². The Hall–Kier alpha value is -1.06. The SMILES string of the molecule is CC[C@H](C)[C@H](N)c1nc2ccccc2[nH]1.Cl. The Labute approximate surface area is 102 Å². The molecule has 16 heavy (non-hydrogen) atoms. The fourth-order valence-corrected chi connectivity index (χ4v) is 1.65. The third-order valence-corrected chi connectivity index (χ3v) is 2.98. The van der Waals surface area contributed by atoms with Crippen molar-refractivity contribution in [2.75, 3.05) is 0 Å². The van der Waals surface area contributed by atoms with E-state index in [4.69, 9.17) is 5.73 Å². The molecular formula is C12H18ClN3. The number of halogens is 1. The summed E-state index contributed by atoms with van der Waals surface area (Å²) in [5.41, 5.74) is 8.17. The first-order chi connectivity index (χ1) is 7.22. The molecule has 2 rings (SSSR count). The molecule has 0 saturated carbocycles. The average molecular weight is 240 g/mol. The molecule has 0 amide bonds. The Balaban J connectivity index is 0.00000128. The smallest absolute Gasteiger partial charge is 0.124 e. The van der Waals surface area contributed by atoms with Crippen molar-refractivity contribution in [1.82, 2.24) is 9.97 Å². The van der Waals surface area contributed by atoms with E-state index < -0.39 is 0 Å². The van der Waals surface area contributed by atoms with Crippen LogP contribution in [0, 0.1) is 5.92 Å². The van der Waals surface area contributed by atoms with Gasteiger partial charge in [-0.3, -0.25) is 0 Å². The summed E-state index contributed by atoms with van der Waals surface area (Å²) in [6.07, 6.45) is 1.07. The topological polar surface area (TPSA) is 54.7 Å². The highest BCUT2D eigenvalue weighted by Crippen LogP contribution is 2.21. The maximum atomic E-state index is 6.12. The van der Waals surface area contributed by atoms with Gasteiger partial charge in [0.15, 0.2) is 0 Å². The lowest BCUT2D eigenvalue weighted by atomic mass is 10.00. The number of aromatic amines is 1. The largest absolute Gasteiger partial charge is 0.341 e. The first kappa shape index (κ1) is 13.0. The van der Waals surface area contributed by atoms with E-state index in [0.717, 1.165) is 23.3 Å². The molecule has 0 saturated heterocycles. The molecule has 2 atom stereocenters. The van der Waals surface area contributed by atoms with Crippen LogP contribution in [0.3, 0.4) is 0 Å². The van der Waals surface area contributed by atoms with Gasteiger partial charge >= 0.3 is 0 Å². The number of nitrogens with one attached hydrogen (secondary N) is 1. The Kier molecular flexibility index (Phi) is 4.33. The number of benzene rings is 1. The molecule has 0 aliphatic heterocycles. The number of para-hydroxylation sites is 2. The zero-order valence-corrected chi connectivity index (χ0v) is 10.4. The number of nitrogens with zero attached hydrogens (tertiary/aromatic N) is 1. The quantitative estimate of drug-likeness (QED) is 0.865. The van der Waals surface area contributed by atoms with Crippen LogP contribution in [0.25, 0.3) is 11.0 Å². The molecule has 3 N–H and O–H groups in total. The van der Waals surface area contributed by atoms with Crippen LogP contribution in [0.1, 0.15) is 32.1 Å². The lowest BCUT2D eigenvalue weighted by molar-refractivity contribution is 0.442. The second-order valence-corrected chi connectivity index (χ2v) is 4.05. The van der Waals surface area contributed by atoms with Gasteiger partial charge in [0.05, 0.1) is 17.1 Å². The molecule has 0 radical (unpaired) electrons. The summed E-state index contributed by atoms with van der Waals surface area (Å²) >= 11 is 0. The maximum Gasteiger partial charge on any atom is 0.124 e. The van der Waals surface area contributed by atoms with Crippen LogP contribution in [-0.2, 0) is 0 Å². The second kappa shape index (κ2) is 5.32. The first-order valence-corrected chi connectivity index (χ1v) is 5.42. The molecule has 2 aromatic rings.